The van der Waals surface area contributed by atoms with E-state index in [4.69, 9.17) is 16.0 Å². The molecule has 3 aromatic rings. The molecule has 1 aromatic carbocycles. The highest BCUT2D eigenvalue weighted by atomic mass is 35.5. The fraction of sp³-hybridized carbons (Fsp3) is 0.350. The van der Waals surface area contributed by atoms with Gasteiger partial charge >= 0.3 is 0 Å². The summed E-state index contributed by atoms with van der Waals surface area (Å²) in [4.78, 5) is 29.9. The molecule has 0 spiro atoms. The van der Waals surface area contributed by atoms with Gasteiger partial charge < -0.3 is 9.73 Å². The number of nitrogens with one attached hydrogen (secondary N) is 1. The van der Waals surface area contributed by atoms with Crippen LogP contribution in [-0.4, -0.2) is 27.3 Å². The molecule has 0 bridgehead atoms. The second-order valence-electron chi connectivity index (χ2n) is 6.92. The number of hydrogen-bond acceptors (Lipinski definition) is 5. The lowest BCUT2D eigenvalue weighted by molar-refractivity contribution is -0.119. The highest BCUT2D eigenvalue weighted by Crippen LogP contribution is 2.21. The third-order valence-corrected chi connectivity index (χ3v) is 5.71. The second-order valence-corrected chi connectivity index (χ2v) is 8.29. The summed E-state index contributed by atoms with van der Waals surface area (Å²) in [7, 11) is 0. The molecule has 0 aliphatic carbocycles. The molecule has 0 radical (unpaired) electrons. The van der Waals surface area contributed by atoms with Crippen molar-refractivity contribution in [2.24, 2.45) is 5.92 Å². The van der Waals surface area contributed by atoms with E-state index in [1.54, 1.807) is 36.6 Å². The minimum Gasteiger partial charge on any atom is -0.467 e. The fourth-order valence-electron chi connectivity index (χ4n) is 2.57. The number of thioether (sulfide) groups is 1. The van der Waals surface area contributed by atoms with Crippen LogP contribution in [0.1, 0.15) is 26.5 Å². The normalized spacial score (nSPS) is 12.5. The maximum atomic E-state index is 13.0. The molecule has 3 rings (SSSR count). The Hall–Kier alpha value is -2.25. The van der Waals surface area contributed by atoms with Crippen molar-refractivity contribution in [3.05, 3.63) is 57.7 Å². The quantitative estimate of drug-likeness (QED) is 0.463. The molecule has 0 aliphatic heterocycles. The van der Waals surface area contributed by atoms with Gasteiger partial charge in [-0.25, -0.2) is 4.98 Å². The van der Waals surface area contributed by atoms with Gasteiger partial charge in [-0.3, -0.25) is 14.2 Å². The number of carbonyl (C=O) groups excluding carboxylic acids is 1. The average molecular weight is 420 g/mol. The van der Waals surface area contributed by atoms with Gasteiger partial charge in [0.2, 0.25) is 5.91 Å². The lowest BCUT2D eigenvalue weighted by Gasteiger charge is -2.17. The largest absolute Gasteiger partial charge is 0.467 e. The van der Waals surface area contributed by atoms with Gasteiger partial charge in [0.15, 0.2) is 5.16 Å². The molecule has 28 heavy (non-hydrogen) atoms. The first kappa shape index (κ1) is 20.5. The number of rotatable bonds is 7. The summed E-state index contributed by atoms with van der Waals surface area (Å²) in [6.45, 7) is 6.31. The van der Waals surface area contributed by atoms with Crippen molar-refractivity contribution in [3.63, 3.8) is 0 Å². The lowest BCUT2D eigenvalue weighted by Crippen LogP contribution is -2.37. The Labute approximate surface area is 172 Å². The number of halogens is 1. The Kier molecular flexibility index (Phi) is 6.46. The van der Waals surface area contributed by atoms with Crippen LogP contribution < -0.4 is 10.9 Å². The van der Waals surface area contributed by atoms with E-state index >= 15 is 0 Å². The zero-order chi connectivity index (χ0) is 20.3. The van der Waals surface area contributed by atoms with Gasteiger partial charge in [0.05, 0.1) is 29.5 Å². The fourth-order valence-corrected chi connectivity index (χ4v) is 3.55. The summed E-state index contributed by atoms with van der Waals surface area (Å²) < 4.78 is 6.91. The van der Waals surface area contributed by atoms with Crippen molar-refractivity contribution >= 4 is 40.2 Å². The number of amides is 1. The van der Waals surface area contributed by atoms with Crippen LogP contribution in [0.25, 0.3) is 10.9 Å². The second kappa shape index (κ2) is 8.84. The van der Waals surface area contributed by atoms with Crippen molar-refractivity contribution in [1.82, 2.24) is 14.9 Å². The zero-order valence-corrected chi connectivity index (χ0v) is 17.5. The van der Waals surface area contributed by atoms with E-state index in [0.29, 0.717) is 32.8 Å². The Morgan fingerprint density at radius 3 is 2.79 bits per heavy atom. The number of nitrogens with zero attached hydrogens (tertiary/aromatic N) is 2. The van der Waals surface area contributed by atoms with Crippen LogP contribution in [0.15, 0.2) is 51.0 Å². The van der Waals surface area contributed by atoms with Gasteiger partial charge in [-0.15, -0.1) is 0 Å². The number of benzene rings is 1. The number of aromatic nitrogens is 2. The molecule has 148 valence electrons. The lowest BCUT2D eigenvalue weighted by atomic mass is 10.1. The van der Waals surface area contributed by atoms with Gasteiger partial charge in [-0.2, -0.15) is 0 Å². The average Bonchev–Trinajstić information content (AvgIpc) is 3.15. The third-order valence-electron chi connectivity index (χ3n) is 4.50. The molecule has 0 unspecified atom stereocenters. The van der Waals surface area contributed by atoms with Crippen molar-refractivity contribution in [3.8, 4) is 0 Å². The van der Waals surface area contributed by atoms with Crippen LogP contribution in [0, 0.1) is 5.92 Å². The SMILES string of the molecule is CC(C)[C@H](C)NC(=O)CSc1nc2cc(Cl)ccc2c(=O)n1Cc1ccco1. The molecule has 2 aromatic heterocycles. The number of hydrogen-bond donors (Lipinski definition) is 1. The maximum Gasteiger partial charge on any atom is 0.262 e. The van der Waals surface area contributed by atoms with E-state index < -0.39 is 0 Å². The Morgan fingerprint density at radius 1 is 1.32 bits per heavy atom. The summed E-state index contributed by atoms with van der Waals surface area (Å²) in [6.07, 6.45) is 1.56. The summed E-state index contributed by atoms with van der Waals surface area (Å²) in [5.74, 6) is 1.04. The minimum absolute atomic E-state index is 0.0711. The summed E-state index contributed by atoms with van der Waals surface area (Å²) in [6, 6.07) is 8.61. The summed E-state index contributed by atoms with van der Waals surface area (Å²) in [5, 5.41) is 4.38. The van der Waals surface area contributed by atoms with Gasteiger partial charge in [-0.05, 0) is 43.2 Å². The Morgan fingerprint density at radius 2 is 2.11 bits per heavy atom. The van der Waals surface area contributed by atoms with Gasteiger partial charge in [0.25, 0.3) is 5.56 Å². The smallest absolute Gasteiger partial charge is 0.262 e. The van der Waals surface area contributed by atoms with Crippen LogP contribution in [0.5, 0.6) is 0 Å². The topological polar surface area (TPSA) is 77.1 Å². The molecule has 8 heteroatoms. The summed E-state index contributed by atoms with van der Waals surface area (Å²) >= 11 is 7.28. The molecular formula is C20H22ClN3O3S. The van der Waals surface area contributed by atoms with Crippen molar-refractivity contribution in [1.29, 1.82) is 0 Å². The molecule has 0 saturated carbocycles. The van der Waals surface area contributed by atoms with E-state index in [-0.39, 0.29) is 29.8 Å². The molecule has 0 aliphatic rings. The predicted octanol–water partition coefficient (Wildman–Crippen LogP) is 3.94. The molecule has 0 fully saturated rings. The maximum absolute atomic E-state index is 13.0. The first-order valence-electron chi connectivity index (χ1n) is 9.00. The van der Waals surface area contributed by atoms with Crippen molar-refractivity contribution in [2.75, 3.05) is 5.75 Å². The molecule has 1 atom stereocenters. The van der Waals surface area contributed by atoms with Crippen molar-refractivity contribution < 1.29 is 9.21 Å². The zero-order valence-electron chi connectivity index (χ0n) is 15.9. The third kappa shape index (κ3) is 4.77. The van der Waals surface area contributed by atoms with Crippen LogP contribution in [0.4, 0.5) is 0 Å². The highest BCUT2D eigenvalue weighted by Gasteiger charge is 2.16. The predicted molar refractivity (Wildman–Crippen MR) is 112 cm³/mol. The Bertz CT molecular complexity index is 1030. The van der Waals surface area contributed by atoms with Crippen LogP contribution in [-0.2, 0) is 11.3 Å². The van der Waals surface area contributed by atoms with Crippen LogP contribution in [0.3, 0.4) is 0 Å². The molecule has 1 amide bonds. The number of furan rings is 1. The van der Waals surface area contributed by atoms with Crippen LogP contribution in [0.2, 0.25) is 5.02 Å². The van der Waals surface area contributed by atoms with Gasteiger partial charge in [-0.1, -0.05) is 37.2 Å². The molecule has 6 nitrogen and oxygen atoms in total. The first-order chi connectivity index (χ1) is 13.3. The monoisotopic (exact) mass is 419 g/mol. The molecule has 1 N–H and O–H groups in total. The van der Waals surface area contributed by atoms with E-state index in [9.17, 15) is 9.59 Å². The van der Waals surface area contributed by atoms with E-state index in [2.05, 4.69) is 10.3 Å². The Balaban J connectivity index is 1.92. The standard InChI is InChI=1S/C20H22ClN3O3S/c1-12(2)13(3)22-18(25)11-28-20-23-17-9-14(21)6-7-16(17)19(26)24(20)10-15-5-4-8-27-15/h4-9,12-13H,10-11H2,1-3H3,(H,22,25)/t13-/m0/s1. The van der Waals surface area contributed by atoms with E-state index in [1.165, 1.54) is 16.3 Å². The number of fused-ring (bicyclic) bond motifs is 1. The molecule has 2 heterocycles. The molecular weight excluding hydrogens is 398 g/mol. The summed E-state index contributed by atoms with van der Waals surface area (Å²) in [5.41, 5.74) is 0.308. The van der Waals surface area contributed by atoms with Crippen molar-refractivity contribution in [2.45, 2.75) is 38.5 Å². The van der Waals surface area contributed by atoms with E-state index in [1.807, 2.05) is 20.8 Å². The molecule has 0 saturated heterocycles. The highest BCUT2D eigenvalue weighted by molar-refractivity contribution is 7.99. The van der Waals surface area contributed by atoms with Gasteiger partial charge in [0, 0.05) is 11.1 Å². The van der Waals surface area contributed by atoms with Crippen LogP contribution >= 0.6 is 23.4 Å². The first-order valence-corrected chi connectivity index (χ1v) is 10.4. The van der Waals surface area contributed by atoms with Gasteiger partial charge in [0.1, 0.15) is 5.76 Å². The number of carbonyl (C=O) groups is 1. The van der Waals surface area contributed by atoms with E-state index in [0.717, 1.165) is 0 Å². The minimum atomic E-state index is -0.198.